The van der Waals surface area contributed by atoms with Crippen molar-refractivity contribution in [1.82, 2.24) is 25.0 Å². The number of rotatable bonds is 4. The summed E-state index contributed by atoms with van der Waals surface area (Å²) in [5, 5.41) is 6.88. The molecule has 1 aromatic carbocycles. The van der Waals surface area contributed by atoms with Crippen LogP contribution in [0.2, 0.25) is 0 Å². The van der Waals surface area contributed by atoms with Gasteiger partial charge in [-0.25, -0.2) is 4.98 Å². The van der Waals surface area contributed by atoms with E-state index in [-0.39, 0.29) is 11.9 Å². The first kappa shape index (κ1) is 16.6. The molecule has 3 rings (SSSR count). The van der Waals surface area contributed by atoms with Crippen LogP contribution >= 0.6 is 0 Å². The molecule has 1 aliphatic heterocycles. The summed E-state index contributed by atoms with van der Waals surface area (Å²) in [6, 6.07) is 8.01. The number of aromatic amines is 1. The van der Waals surface area contributed by atoms with Gasteiger partial charge in [-0.2, -0.15) is 5.10 Å². The standard InChI is InChI=1S/C18H25N5O/c1-13-4-6-14(7-5-13)16(22(2)3)18(24)23-10-8-15(9-11-23)17-19-12-20-21-17/h4-7,12,15-16H,8-11H2,1-3H3,(H,19,20,21). The Morgan fingerprint density at radius 1 is 1.25 bits per heavy atom. The van der Waals surface area contributed by atoms with E-state index in [1.807, 2.05) is 23.9 Å². The van der Waals surface area contributed by atoms with Crippen LogP contribution in [0.15, 0.2) is 30.6 Å². The molecule has 24 heavy (non-hydrogen) atoms. The molecule has 2 aromatic rings. The van der Waals surface area contributed by atoms with Gasteiger partial charge in [0, 0.05) is 19.0 Å². The van der Waals surface area contributed by atoms with Crippen molar-refractivity contribution in [2.45, 2.75) is 31.7 Å². The fourth-order valence-electron chi connectivity index (χ4n) is 3.37. The molecule has 0 bridgehead atoms. The summed E-state index contributed by atoms with van der Waals surface area (Å²) in [6.45, 7) is 3.59. The van der Waals surface area contributed by atoms with Crippen LogP contribution in [0, 0.1) is 6.92 Å². The van der Waals surface area contributed by atoms with E-state index in [1.54, 1.807) is 6.33 Å². The highest BCUT2D eigenvalue weighted by atomic mass is 16.2. The van der Waals surface area contributed by atoms with Crippen molar-refractivity contribution in [2.75, 3.05) is 27.2 Å². The van der Waals surface area contributed by atoms with Gasteiger partial charge in [0.05, 0.1) is 0 Å². The summed E-state index contributed by atoms with van der Waals surface area (Å²) in [6.07, 6.45) is 3.40. The second-order valence-corrected chi connectivity index (χ2v) is 6.75. The fourth-order valence-corrected chi connectivity index (χ4v) is 3.37. The molecule has 6 nitrogen and oxygen atoms in total. The lowest BCUT2D eigenvalue weighted by molar-refractivity contribution is -0.137. The number of carbonyl (C=O) groups excluding carboxylic acids is 1. The van der Waals surface area contributed by atoms with Crippen molar-refractivity contribution in [3.05, 3.63) is 47.5 Å². The van der Waals surface area contributed by atoms with Gasteiger partial charge in [-0.3, -0.25) is 14.8 Å². The number of hydrogen-bond acceptors (Lipinski definition) is 4. The maximum Gasteiger partial charge on any atom is 0.244 e. The molecular weight excluding hydrogens is 302 g/mol. The van der Waals surface area contributed by atoms with Gasteiger partial charge in [-0.1, -0.05) is 29.8 Å². The van der Waals surface area contributed by atoms with Crippen molar-refractivity contribution < 1.29 is 4.79 Å². The maximum atomic E-state index is 13.1. The van der Waals surface area contributed by atoms with Crippen LogP contribution in [0.5, 0.6) is 0 Å². The summed E-state index contributed by atoms with van der Waals surface area (Å²) < 4.78 is 0. The third-order valence-electron chi connectivity index (χ3n) is 4.77. The van der Waals surface area contributed by atoms with Gasteiger partial charge in [0.1, 0.15) is 18.2 Å². The van der Waals surface area contributed by atoms with Crippen molar-refractivity contribution in [3.8, 4) is 0 Å². The number of likely N-dealkylation sites (tertiary alicyclic amines) is 1. The van der Waals surface area contributed by atoms with Crippen molar-refractivity contribution >= 4 is 5.91 Å². The Labute approximate surface area is 142 Å². The first-order chi connectivity index (χ1) is 11.6. The van der Waals surface area contributed by atoms with Crippen LogP contribution in [0.1, 0.15) is 41.8 Å². The third kappa shape index (κ3) is 3.48. The fraction of sp³-hybridized carbons (Fsp3) is 0.500. The number of H-pyrrole nitrogens is 1. The van der Waals surface area contributed by atoms with Crippen LogP contribution in [0.4, 0.5) is 0 Å². The van der Waals surface area contributed by atoms with E-state index in [9.17, 15) is 4.79 Å². The summed E-state index contributed by atoms with van der Waals surface area (Å²) in [4.78, 5) is 21.3. The molecule has 1 aliphatic rings. The summed E-state index contributed by atoms with van der Waals surface area (Å²) in [5.74, 6) is 1.48. The second kappa shape index (κ2) is 7.13. The van der Waals surface area contributed by atoms with Crippen molar-refractivity contribution in [3.63, 3.8) is 0 Å². The molecule has 0 saturated carbocycles. The highest BCUT2D eigenvalue weighted by molar-refractivity contribution is 5.83. The molecular formula is C18H25N5O. The molecule has 1 aromatic heterocycles. The molecule has 1 atom stereocenters. The van der Waals surface area contributed by atoms with Gasteiger partial charge in [0.25, 0.3) is 0 Å². The first-order valence-electron chi connectivity index (χ1n) is 8.43. The predicted octanol–water partition coefficient (Wildman–Crippen LogP) is 2.12. The minimum atomic E-state index is -0.229. The number of benzene rings is 1. The quantitative estimate of drug-likeness (QED) is 0.934. The monoisotopic (exact) mass is 327 g/mol. The smallest absolute Gasteiger partial charge is 0.244 e. The summed E-state index contributed by atoms with van der Waals surface area (Å²) in [7, 11) is 3.92. The SMILES string of the molecule is Cc1ccc(C(C(=O)N2CCC(c3ncn[nH]3)CC2)N(C)C)cc1. The molecule has 1 unspecified atom stereocenters. The van der Waals surface area contributed by atoms with E-state index in [0.717, 1.165) is 37.3 Å². The van der Waals surface area contributed by atoms with Gasteiger partial charge in [-0.15, -0.1) is 0 Å². The predicted molar refractivity (Wildman–Crippen MR) is 92.5 cm³/mol. The minimum Gasteiger partial charge on any atom is -0.341 e. The van der Waals surface area contributed by atoms with Gasteiger partial charge in [0.15, 0.2) is 0 Å². The second-order valence-electron chi connectivity index (χ2n) is 6.75. The van der Waals surface area contributed by atoms with Gasteiger partial charge < -0.3 is 4.90 Å². The van der Waals surface area contributed by atoms with Gasteiger partial charge in [-0.05, 0) is 39.4 Å². The molecule has 1 N–H and O–H groups in total. The van der Waals surface area contributed by atoms with E-state index in [1.165, 1.54) is 5.56 Å². The number of likely N-dealkylation sites (N-methyl/N-ethyl adjacent to an activating group) is 1. The van der Waals surface area contributed by atoms with Crippen LogP contribution in [0.3, 0.4) is 0 Å². The zero-order chi connectivity index (χ0) is 17.1. The molecule has 6 heteroatoms. The first-order valence-corrected chi connectivity index (χ1v) is 8.43. The largest absolute Gasteiger partial charge is 0.341 e. The van der Waals surface area contributed by atoms with Gasteiger partial charge >= 0.3 is 0 Å². The van der Waals surface area contributed by atoms with Crippen LogP contribution < -0.4 is 0 Å². The van der Waals surface area contributed by atoms with E-state index < -0.39 is 0 Å². The van der Waals surface area contributed by atoms with Crippen molar-refractivity contribution in [1.29, 1.82) is 0 Å². The molecule has 1 fully saturated rings. The van der Waals surface area contributed by atoms with E-state index in [2.05, 4.69) is 46.4 Å². The summed E-state index contributed by atoms with van der Waals surface area (Å²) >= 11 is 0. The minimum absolute atomic E-state index is 0.180. The lowest BCUT2D eigenvalue weighted by Crippen LogP contribution is -2.44. The molecule has 2 heterocycles. The van der Waals surface area contributed by atoms with Crippen LogP contribution in [-0.2, 0) is 4.79 Å². The lowest BCUT2D eigenvalue weighted by Gasteiger charge is -2.35. The lowest BCUT2D eigenvalue weighted by atomic mass is 9.94. The van der Waals surface area contributed by atoms with E-state index in [0.29, 0.717) is 5.92 Å². The number of amides is 1. The van der Waals surface area contributed by atoms with Crippen molar-refractivity contribution in [2.24, 2.45) is 0 Å². The molecule has 0 radical (unpaired) electrons. The summed E-state index contributed by atoms with van der Waals surface area (Å²) in [5.41, 5.74) is 2.25. The molecule has 0 aliphatic carbocycles. The molecule has 0 spiro atoms. The Bertz CT molecular complexity index is 657. The van der Waals surface area contributed by atoms with E-state index in [4.69, 9.17) is 0 Å². The van der Waals surface area contributed by atoms with Crippen LogP contribution in [0.25, 0.3) is 0 Å². The highest BCUT2D eigenvalue weighted by Gasteiger charge is 2.31. The Hall–Kier alpha value is -2.21. The Kier molecular flexibility index (Phi) is 4.94. The average molecular weight is 327 g/mol. The Morgan fingerprint density at radius 3 is 2.46 bits per heavy atom. The van der Waals surface area contributed by atoms with E-state index >= 15 is 0 Å². The number of nitrogens with zero attached hydrogens (tertiary/aromatic N) is 4. The normalized spacial score (nSPS) is 17.2. The number of nitrogens with one attached hydrogen (secondary N) is 1. The maximum absolute atomic E-state index is 13.1. The Balaban J connectivity index is 1.69. The Morgan fingerprint density at radius 2 is 1.92 bits per heavy atom. The number of aromatic nitrogens is 3. The number of piperidine rings is 1. The average Bonchev–Trinajstić information content (AvgIpc) is 3.11. The molecule has 128 valence electrons. The number of carbonyl (C=O) groups is 1. The zero-order valence-electron chi connectivity index (χ0n) is 14.6. The molecule has 1 saturated heterocycles. The zero-order valence-corrected chi connectivity index (χ0v) is 14.6. The number of hydrogen-bond donors (Lipinski definition) is 1. The topological polar surface area (TPSA) is 65.1 Å². The number of aryl methyl sites for hydroxylation is 1. The third-order valence-corrected chi connectivity index (χ3v) is 4.77. The highest BCUT2D eigenvalue weighted by Crippen LogP contribution is 2.28. The van der Waals surface area contributed by atoms with Gasteiger partial charge in [0.2, 0.25) is 5.91 Å². The molecule has 1 amide bonds. The van der Waals surface area contributed by atoms with Crippen LogP contribution in [-0.4, -0.2) is 58.1 Å².